The molecule has 0 aliphatic carbocycles. The molecule has 0 aliphatic heterocycles. The van der Waals surface area contributed by atoms with Gasteiger partial charge in [0.1, 0.15) is 0 Å². The number of hydrogen-bond acceptors (Lipinski definition) is 5. The number of benzene rings is 1. The van der Waals surface area contributed by atoms with Gasteiger partial charge in [0.05, 0.1) is 34.4 Å². The quantitative estimate of drug-likeness (QED) is 0.323. The Bertz CT molecular complexity index is 750. The van der Waals surface area contributed by atoms with Gasteiger partial charge in [-0.15, -0.1) is 35.3 Å². The van der Waals surface area contributed by atoms with Gasteiger partial charge in [0.25, 0.3) is 0 Å². The minimum atomic E-state index is 0. The third kappa shape index (κ3) is 6.17. The minimum Gasteiger partial charge on any atom is -0.493 e. The van der Waals surface area contributed by atoms with Gasteiger partial charge in [-0.3, -0.25) is 0 Å². The highest BCUT2D eigenvalue weighted by Crippen LogP contribution is 2.39. The van der Waals surface area contributed by atoms with Crippen LogP contribution in [-0.4, -0.2) is 33.8 Å². The Hall–Kier alpha value is -1.68. The van der Waals surface area contributed by atoms with E-state index in [4.69, 9.17) is 14.2 Å². The molecule has 2 aromatic rings. The van der Waals surface area contributed by atoms with Gasteiger partial charge in [-0.2, -0.15) is 0 Å². The topological polar surface area (TPSA) is 64.1 Å². The Balaban J connectivity index is 0.00000364. The van der Waals surface area contributed by atoms with E-state index in [1.54, 1.807) is 32.7 Å². The van der Waals surface area contributed by atoms with Crippen molar-refractivity contribution in [1.29, 1.82) is 0 Å². The fourth-order valence-electron chi connectivity index (χ4n) is 2.54. The minimum absolute atomic E-state index is 0. The maximum atomic E-state index is 5.52. The predicted molar refractivity (Wildman–Crippen MR) is 122 cm³/mol. The van der Waals surface area contributed by atoms with E-state index in [9.17, 15) is 0 Å². The summed E-state index contributed by atoms with van der Waals surface area (Å²) < 4.78 is 16.3. The number of ether oxygens (including phenoxy) is 3. The maximum Gasteiger partial charge on any atom is 0.203 e. The van der Waals surface area contributed by atoms with Crippen molar-refractivity contribution in [2.24, 2.45) is 4.99 Å². The number of nitrogens with one attached hydrogen (secondary N) is 2. The number of aryl methyl sites for hydroxylation is 1. The highest BCUT2D eigenvalue weighted by Gasteiger charge is 2.15. The lowest BCUT2D eigenvalue weighted by Gasteiger charge is -2.15. The average Bonchev–Trinajstić information content (AvgIpc) is 3.07. The second-order valence-corrected chi connectivity index (χ2v) is 6.57. The molecule has 0 radical (unpaired) electrons. The van der Waals surface area contributed by atoms with E-state index in [2.05, 4.69) is 34.0 Å². The normalized spacial score (nSPS) is 10.8. The Morgan fingerprint density at radius 1 is 1.04 bits per heavy atom. The summed E-state index contributed by atoms with van der Waals surface area (Å²) in [7, 11) is 4.82. The molecule has 1 aromatic heterocycles. The number of thiophene rings is 1. The van der Waals surface area contributed by atoms with Crippen LogP contribution in [0.5, 0.6) is 17.2 Å². The monoisotopic (exact) mass is 505 g/mol. The van der Waals surface area contributed by atoms with E-state index in [-0.39, 0.29) is 24.0 Å². The highest BCUT2D eigenvalue weighted by molar-refractivity contribution is 14.0. The van der Waals surface area contributed by atoms with Crippen LogP contribution in [0.1, 0.15) is 22.9 Å². The molecule has 2 N–H and O–H groups in total. The summed E-state index contributed by atoms with van der Waals surface area (Å²) >= 11 is 1.74. The van der Waals surface area contributed by atoms with Crippen molar-refractivity contribution in [3.05, 3.63) is 39.6 Å². The van der Waals surface area contributed by atoms with Crippen LogP contribution in [0.3, 0.4) is 0 Å². The average molecular weight is 505 g/mol. The van der Waals surface area contributed by atoms with E-state index in [0.29, 0.717) is 23.8 Å². The molecule has 0 saturated carbocycles. The number of halogens is 1. The Morgan fingerprint density at radius 2 is 1.78 bits per heavy atom. The third-order valence-corrected chi connectivity index (χ3v) is 4.95. The van der Waals surface area contributed by atoms with Crippen molar-refractivity contribution in [3.63, 3.8) is 0 Å². The maximum absolute atomic E-state index is 5.52. The van der Waals surface area contributed by atoms with Gasteiger partial charge in [0.2, 0.25) is 5.75 Å². The van der Waals surface area contributed by atoms with Crippen molar-refractivity contribution in [1.82, 2.24) is 10.6 Å². The van der Waals surface area contributed by atoms with Crippen LogP contribution >= 0.6 is 35.3 Å². The zero-order valence-corrected chi connectivity index (χ0v) is 19.6. The van der Waals surface area contributed by atoms with Crippen molar-refractivity contribution in [3.8, 4) is 17.2 Å². The van der Waals surface area contributed by atoms with Crippen molar-refractivity contribution >= 4 is 41.3 Å². The van der Waals surface area contributed by atoms with Crippen molar-refractivity contribution in [2.45, 2.75) is 26.9 Å². The molecule has 8 heteroatoms. The van der Waals surface area contributed by atoms with Gasteiger partial charge >= 0.3 is 0 Å². The van der Waals surface area contributed by atoms with Crippen LogP contribution in [0.2, 0.25) is 0 Å². The summed E-state index contributed by atoms with van der Waals surface area (Å²) in [6, 6.07) is 5.93. The standard InChI is InChI=1S/C19H27N3O3S.HI/c1-6-20-19(22-12-16-13(2)9-10-26-16)21-11-14-7-8-15(23-3)18(25-5)17(14)24-4;/h7-10H,6,11-12H2,1-5H3,(H2,20,21,22);1H. The molecule has 1 heterocycles. The van der Waals surface area contributed by atoms with Gasteiger partial charge in [-0.1, -0.05) is 0 Å². The first-order valence-corrected chi connectivity index (χ1v) is 9.35. The number of methoxy groups -OCH3 is 3. The fourth-order valence-corrected chi connectivity index (χ4v) is 3.39. The first kappa shape index (κ1) is 23.4. The van der Waals surface area contributed by atoms with Gasteiger partial charge in [-0.25, -0.2) is 4.99 Å². The van der Waals surface area contributed by atoms with Crippen LogP contribution < -0.4 is 24.8 Å². The summed E-state index contributed by atoms with van der Waals surface area (Å²) in [6.07, 6.45) is 0. The summed E-state index contributed by atoms with van der Waals surface area (Å²) in [6.45, 7) is 6.16. The molecule has 0 atom stereocenters. The molecule has 150 valence electrons. The highest BCUT2D eigenvalue weighted by atomic mass is 127. The molecule has 0 spiro atoms. The van der Waals surface area contributed by atoms with Crippen LogP contribution in [-0.2, 0) is 13.1 Å². The lowest BCUT2D eigenvalue weighted by molar-refractivity contribution is 0.322. The molecule has 1 aromatic carbocycles. The molecular formula is C19H28IN3O3S. The van der Waals surface area contributed by atoms with Gasteiger partial charge < -0.3 is 24.8 Å². The molecule has 27 heavy (non-hydrogen) atoms. The first-order valence-electron chi connectivity index (χ1n) is 8.47. The molecule has 0 aliphatic rings. The summed E-state index contributed by atoms with van der Waals surface area (Å²) in [5.41, 5.74) is 2.22. The Morgan fingerprint density at radius 3 is 2.33 bits per heavy atom. The third-order valence-electron chi connectivity index (χ3n) is 3.92. The Kier molecular flexibility index (Phi) is 10.3. The molecule has 0 bridgehead atoms. The second-order valence-electron chi connectivity index (χ2n) is 5.57. The number of aliphatic imine (C=N–C) groups is 1. The molecule has 2 rings (SSSR count). The second kappa shape index (κ2) is 11.9. The van der Waals surface area contributed by atoms with E-state index in [0.717, 1.165) is 24.6 Å². The van der Waals surface area contributed by atoms with Crippen molar-refractivity contribution in [2.75, 3.05) is 27.9 Å². The van der Waals surface area contributed by atoms with Crippen LogP contribution in [0.4, 0.5) is 0 Å². The Labute approximate surface area is 182 Å². The lowest BCUT2D eigenvalue weighted by Crippen LogP contribution is -2.36. The summed E-state index contributed by atoms with van der Waals surface area (Å²) in [5.74, 6) is 2.61. The zero-order valence-electron chi connectivity index (χ0n) is 16.4. The van der Waals surface area contributed by atoms with E-state index in [1.165, 1.54) is 10.4 Å². The molecule has 0 unspecified atom stereocenters. The fraction of sp³-hybridized carbons (Fsp3) is 0.421. The van der Waals surface area contributed by atoms with Gasteiger partial charge in [-0.05, 0) is 43.0 Å². The van der Waals surface area contributed by atoms with Gasteiger partial charge in [0, 0.05) is 17.0 Å². The zero-order chi connectivity index (χ0) is 18.9. The number of nitrogens with zero attached hydrogens (tertiary/aromatic N) is 1. The summed E-state index contributed by atoms with van der Waals surface area (Å²) in [4.78, 5) is 5.98. The van der Waals surface area contributed by atoms with Gasteiger partial charge in [0.15, 0.2) is 17.5 Å². The largest absolute Gasteiger partial charge is 0.493 e. The number of hydrogen-bond donors (Lipinski definition) is 2. The molecule has 0 amide bonds. The van der Waals surface area contributed by atoms with Crippen LogP contribution in [0.25, 0.3) is 0 Å². The predicted octanol–water partition coefficient (Wildman–Crippen LogP) is 3.96. The SMILES string of the molecule is CCNC(=NCc1ccc(OC)c(OC)c1OC)NCc1sccc1C.I. The first-order chi connectivity index (χ1) is 12.6. The summed E-state index contributed by atoms with van der Waals surface area (Å²) in [5, 5.41) is 8.75. The van der Waals surface area contributed by atoms with E-state index >= 15 is 0 Å². The number of guanidine groups is 1. The van der Waals surface area contributed by atoms with E-state index < -0.39 is 0 Å². The smallest absolute Gasteiger partial charge is 0.203 e. The number of rotatable bonds is 8. The van der Waals surface area contributed by atoms with E-state index in [1.807, 2.05) is 19.1 Å². The van der Waals surface area contributed by atoms with Crippen LogP contribution in [0.15, 0.2) is 28.6 Å². The molecule has 6 nitrogen and oxygen atoms in total. The lowest BCUT2D eigenvalue weighted by atomic mass is 10.1. The molecule has 0 fully saturated rings. The molecule has 0 saturated heterocycles. The molecular weight excluding hydrogens is 477 g/mol. The van der Waals surface area contributed by atoms with Crippen molar-refractivity contribution < 1.29 is 14.2 Å². The van der Waals surface area contributed by atoms with Crippen LogP contribution in [0, 0.1) is 6.92 Å².